The lowest BCUT2D eigenvalue weighted by atomic mass is 10.0. The molecule has 3 rings (SSSR count). The summed E-state index contributed by atoms with van der Waals surface area (Å²) in [6.07, 6.45) is 5.08. The van der Waals surface area contributed by atoms with Crippen LogP contribution in [0.1, 0.15) is 50.2 Å². The molecule has 4 heteroatoms. The monoisotopic (exact) mass is 221 g/mol. The molecule has 0 aromatic carbocycles. The zero-order valence-corrected chi connectivity index (χ0v) is 9.76. The summed E-state index contributed by atoms with van der Waals surface area (Å²) in [5.41, 5.74) is 0. The van der Waals surface area contributed by atoms with Gasteiger partial charge < -0.3 is 9.67 Å². The van der Waals surface area contributed by atoms with Crippen LogP contribution < -0.4 is 0 Å². The van der Waals surface area contributed by atoms with Gasteiger partial charge in [0.05, 0.1) is 0 Å². The molecule has 0 spiro atoms. The maximum absolute atomic E-state index is 9.24. The average molecular weight is 221 g/mol. The van der Waals surface area contributed by atoms with Gasteiger partial charge in [-0.25, -0.2) is 0 Å². The Balaban J connectivity index is 1.84. The van der Waals surface area contributed by atoms with Crippen molar-refractivity contribution >= 4 is 0 Å². The number of aliphatic hydroxyl groups excluding tert-OH is 1. The number of hydrogen-bond donors (Lipinski definition) is 1. The number of aromatic nitrogens is 3. The van der Waals surface area contributed by atoms with Crippen LogP contribution in [0.25, 0.3) is 0 Å². The first-order chi connectivity index (χ1) is 7.83. The van der Waals surface area contributed by atoms with Gasteiger partial charge in [0.15, 0.2) is 5.82 Å². The third kappa shape index (κ3) is 1.56. The van der Waals surface area contributed by atoms with Crippen LogP contribution in [-0.2, 0) is 13.2 Å². The number of rotatable bonds is 4. The highest BCUT2D eigenvalue weighted by atomic mass is 16.3. The van der Waals surface area contributed by atoms with Crippen molar-refractivity contribution in [3.63, 3.8) is 0 Å². The number of hydrogen-bond acceptors (Lipinski definition) is 3. The van der Waals surface area contributed by atoms with E-state index in [1.165, 1.54) is 19.3 Å². The molecule has 2 atom stereocenters. The van der Waals surface area contributed by atoms with Gasteiger partial charge in [0.25, 0.3) is 0 Å². The van der Waals surface area contributed by atoms with Crippen molar-refractivity contribution in [1.82, 2.24) is 14.8 Å². The Hall–Kier alpha value is -0.900. The Morgan fingerprint density at radius 2 is 2.00 bits per heavy atom. The zero-order valence-electron chi connectivity index (χ0n) is 9.76. The lowest BCUT2D eigenvalue weighted by Gasteiger charge is -2.13. The van der Waals surface area contributed by atoms with E-state index in [1.54, 1.807) is 0 Å². The maximum atomic E-state index is 9.24. The van der Waals surface area contributed by atoms with Gasteiger partial charge in [-0.15, -0.1) is 10.2 Å². The molecule has 1 aromatic heterocycles. The Morgan fingerprint density at radius 3 is 2.62 bits per heavy atom. The van der Waals surface area contributed by atoms with Gasteiger partial charge in [-0.2, -0.15) is 0 Å². The SMILES string of the molecule is CCCn1c(CO)nnc1C1CC2CC2C1. The van der Waals surface area contributed by atoms with Crippen LogP contribution in [0.15, 0.2) is 0 Å². The molecule has 0 bridgehead atoms. The maximum Gasteiger partial charge on any atom is 0.158 e. The molecule has 0 amide bonds. The average Bonchev–Trinajstić information content (AvgIpc) is 2.76. The van der Waals surface area contributed by atoms with Crippen molar-refractivity contribution in [2.45, 2.75) is 51.7 Å². The standard InChI is InChI=1S/C12H19N3O/c1-2-3-15-11(7-16)13-14-12(15)10-5-8-4-9(8)6-10/h8-10,16H,2-7H2,1H3. The van der Waals surface area contributed by atoms with Crippen molar-refractivity contribution in [2.75, 3.05) is 0 Å². The smallest absolute Gasteiger partial charge is 0.158 e. The van der Waals surface area contributed by atoms with Crippen LogP contribution in [0.4, 0.5) is 0 Å². The first kappa shape index (κ1) is 10.3. The Labute approximate surface area is 95.7 Å². The fourth-order valence-electron chi connectivity index (χ4n) is 3.16. The predicted octanol–water partition coefficient (Wildman–Crippen LogP) is 1.69. The van der Waals surface area contributed by atoms with Crippen molar-refractivity contribution in [3.8, 4) is 0 Å². The minimum atomic E-state index is 0.00652. The van der Waals surface area contributed by atoms with Gasteiger partial charge in [-0.1, -0.05) is 6.92 Å². The van der Waals surface area contributed by atoms with Crippen LogP contribution in [0.5, 0.6) is 0 Å². The van der Waals surface area contributed by atoms with Crippen LogP contribution in [-0.4, -0.2) is 19.9 Å². The minimum absolute atomic E-state index is 0.00652. The lowest BCUT2D eigenvalue weighted by Crippen LogP contribution is -2.11. The molecule has 0 aliphatic heterocycles. The Bertz CT molecular complexity index is 378. The summed E-state index contributed by atoms with van der Waals surface area (Å²) >= 11 is 0. The fourth-order valence-corrected chi connectivity index (χ4v) is 3.16. The van der Waals surface area contributed by atoms with Crippen molar-refractivity contribution < 1.29 is 5.11 Å². The van der Waals surface area contributed by atoms with E-state index < -0.39 is 0 Å². The van der Waals surface area contributed by atoms with Gasteiger partial charge in [0.2, 0.25) is 0 Å². The summed E-state index contributed by atoms with van der Waals surface area (Å²) in [4.78, 5) is 0. The largest absolute Gasteiger partial charge is 0.388 e. The molecule has 2 aliphatic rings. The normalized spacial score (nSPS) is 31.8. The van der Waals surface area contributed by atoms with Gasteiger partial charge in [-0.3, -0.25) is 0 Å². The highest BCUT2D eigenvalue weighted by molar-refractivity contribution is 5.10. The number of nitrogens with zero attached hydrogens (tertiary/aromatic N) is 3. The molecule has 2 unspecified atom stereocenters. The molecule has 2 fully saturated rings. The van der Waals surface area contributed by atoms with Crippen LogP contribution in [0.2, 0.25) is 0 Å². The van der Waals surface area contributed by atoms with Crippen LogP contribution >= 0.6 is 0 Å². The quantitative estimate of drug-likeness (QED) is 0.841. The molecular formula is C12H19N3O. The number of fused-ring (bicyclic) bond motifs is 1. The third-order valence-electron chi connectivity index (χ3n) is 4.05. The van der Waals surface area contributed by atoms with Gasteiger partial charge >= 0.3 is 0 Å². The molecule has 1 N–H and O–H groups in total. The Kier molecular flexibility index (Phi) is 2.46. The summed E-state index contributed by atoms with van der Waals surface area (Å²) in [5.74, 6) is 4.39. The predicted molar refractivity (Wildman–Crippen MR) is 59.8 cm³/mol. The third-order valence-corrected chi connectivity index (χ3v) is 4.05. The summed E-state index contributed by atoms with van der Waals surface area (Å²) < 4.78 is 2.13. The van der Waals surface area contributed by atoms with E-state index in [4.69, 9.17) is 0 Å². The molecular weight excluding hydrogens is 202 g/mol. The molecule has 0 saturated heterocycles. The van der Waals surface area contributed by atoms with E-state index >= 15 is 0 Å². The molecule has 2 aliphatic carbocycles. The molecule has 1 heterocycles. The zero-order chi connectivity index (χ0) is 11.1. The molecule has 4 nitrogen and oxygen atoms in total. The fraction of sp³-hybridized carbons (Fsp3) is 0.833. The molecule has 16 heavy (non-hydrogen) atoms. The minimum Gasteiger partial charge on any atom is -0.388 e. The van der Waals surface area contributed by atoms with E-state index in [0.717, 1.165) is 36.5 Å². The van der Waals surface area contributed by atoms with E-state index in [-0.39, 0.29) is 6.61 Å². The Morgan fingerprint density at radius 1 is 1.25 bits per heavy atom. The van der Waals surface area contributed by atoms with Gasteiger partial charge in [0.1, 0.15) is 12.4 Å². The highest BCUT2D eigenvalue weighted by Crippen LogP contribution is 2.57. The summed E-state index contributed by atoms with van der Waals surface area (Å²) in [7, 11) is 0. The molecule has 0 radical (unpaired) electrons. The van der Waals surface area contributed by atoms with Crippen LogP contribution in [0.3, 0.4) is 0 Å². The molecule has 88 valence electrons. The van der Waals surface area contributed by atoms with E-state index in [2.05, 4.69) is 21.7 Å². The van der Waals surface area contributed by atoms with Gasteiger partial charge in [-0.05, 0) is 37.5 Å². The van der Waals surface area contributed by atoms with Gasteiger partial charge in [0, 0.05) is 12.5 Å². The van der Waals surface area contributed by atoms with Crippen molar-refractivity contribution in [3.05, 3.63) is 11.6 Å². The first-order valence-corrected chi connectivity index (χ1v) is 6.36. The van der Waals surface area contributed by atoms with E-state index in [9.17, 15) is 5.11 Å². The van der Waals surface area contributed by atoms with E-state index in [1.807, 2.05) is 0 Å². The second kappa shape index (κ2) is 3.84. The topological polar surface area (TPSA) is 50.9 Å². The van der Waals surface area contributed by atoms with Crippen molar-refractivity contribution in [2.24, 2.45) is 11.8 Å². The molecule has 1 aromatic rings. The number of aliphatic hydroxyl groups is 1. The molecule has 2 saturated carbocycles. The first-order valence-electron chi connectivity index (χ1n) is 6.36. The highest BCUT2D eigenvalue weighted by Gasteiger charge is 2.47. The van der Waals surface area contributed by atoms with E-state index in [0.29, 0.717) is 5.92 Å². The summed E-state index contributed by atoms with van der Waals surface area (Å²) in [5, 5.41) is 17.6. The second-order valence-electron chi connectivity index (χ2n) is 5.21. The van der Waals surface area contributed by atoms with Crippen LogP contribution in [0, 0.1) is 11.8 Å². The summed E-state index contributed by atoms with van der Waals surface area (Å²) in [6.45, 7) is 3.09. The second-order valence-corrected chi connectivity index (χ2v) is 5.21. The summed E-state index contributed by atoms with van der Waals surface area (Å²) in [6, 6.07) is 0. The lowest BCUT2D eigenvalue weighted by molar-refractivity contribution is 0.263. The van der Waals surface area contributed by atoms with Crippen molar-refractivity contribution in [1.29, 1.82) is 0 Å².